The zero-order valence-electron chi connectivity index (χ0n) is 6.96. The second-order valence-electron chi connectivity index (χ2n) is 2.61. The van der Waals surface area contributed by atoms with Crippen molar-refractivity contribution in [3.63, 3.8) is 0 Å². The number of hydrogen-bond acceptors (Lipinski definition) is 1. The SMILES string of the molecule is O=C(O)NCc1cccc(CBr)c1. The average Bonchev–Trinajstić information content (AvgIpc) is 2.15. The Bertz CT molecular complexity index is 301. The molecule has 0 unspecified atom stereocenters. The van der Waals surface area contributed by atoms with Gasteiger partial charge in [0.15, 0.2) is 0 Å². The van der Waals surface area contributed by atoms with Crippen LogP contribution in [-0.4, -0.2) is 11.2 Å². The molecule has 1 amide bonds. The Kier molecular flexibility index (Phi) is 3.76. The zero-order chi connectivity index (χ0) is 9.68. The minimum absolute atomic E-state index is 0.357. The van der Waals surface area contributed by atoms with Crippen LogP contribution in [0.1, 0.15) is 11.1 Å². The Morgan fingerprint density at radius 3 is 2.77 bits per heavy atom. The quantitative estimate of drug-likeness (QED) is 0.802. The van der Waals surface area contributed by atoms with Crippen LogP contribution in [0, 0.1) is 0 Å². The van der Waals surface area contributed by atoms with Gasteiger partial charge in [0.25, 0.3) is 0 Å². The van der Waals surface area contributed by atoms with Gasteiger partial charge in [-0.1, -0.05) is 40.2 Å². The summed E-state index contributed by atoms with van der Waals surface area (Å²) in [7, 11) is 0. The highest BCUT2D eigenvalue weighted by atomic mass is 79.9. The molecule has 0 bridgehead atoms. The van der Waals surface area contributed by atoms with Crippen LogP contribution in [0.2, 0.25) is 0 Å². The first kappa shape index (κ1) is 10.1. The van der Waals surface area contributed by atoms with E-state index in [1.165, 1.54) is 0 Å². The molecule has 0 spiro atoms. The summed E-state index contributed by atoms with van der Waals surface area (Å²) < 4.78 is 0. The number of carboxylic acid groups (broad SMARTS) is 1. The molecule has 1 aromatic rings. The number of halogens is 1. The molecule has 0 atom stereocenters. The number of alkyl halides is 1. The molecule has 0 aliphatic heterocycles. The molecular formula is C9H10BrNO2. The molecule has 70 valence electrons. The maximum atomic E-state index is 10.2. The molecule has 2 N–H and O–H groups in total. The summed E-state index contributed by atoms with van der Waals surface area (Å²) >= 11 is 3.33. The van der Waals surface area contributed by atoms with Crippen molar-refractivity contribution in [2.24, 2.45) is 0 Å². The first-order valence-electron chi connectivity index (χ1n) is 3.83. The predicted octanol–water partition coefficient (Wildman–Crippen LogP) is 2.35. The monoisotopic (exact) mass is 243 g/mol. The van der Waals surface area contributed by atoms with Crippen LogP contribution in [-0.2, 0) is 11.9 Å². The van der Waals surface area contributed by atoms with Gasteiger partial charge in [-0.2, -0.15) is 0 Å². The molecule has 0 heterocycles. The van der Waals surface area contributed by atoms with E-state index in [4.69, 9.17) is 5.11 Å². The highest BCUT2D eigenvalue weighted by Crippen LogP contribution is 2.08. The third-order valence-electron chi connectivity index (χ3n) is 1.59. The molecule has 0 aliphatic rings. The molecule has 0 aliphatic carbocycles. The maximum Gasteiger partial charge on any atom is 0.404 e. The Hall–Kier alpha value is -1.03. The Labute approximate surface area is 84.9 Å². The van der Waals surface area contributed by atoms with Gasteiger partial charge in [0.1, 0.15) is 0 Å². The first-order valence-corrected chi connectivity index (χ1v) is 4.95. The van der Waals surface area contributed by atoms with E-state index in [0.717, 1.165) is 16.5 Å². The van der Waals surface area contributed by atoms with Crippen molar-refractivity contribution < 1.29 is 9.90 Å². The van der Waals surface area contributed by atoms with E-state index in [1.54, 1.807) is 0 Å². The van der Waals surface area contributed by atoms with Crippen LogP contribution in [0.4, 0.5) is 4.79 Å². The molecule has 3 nitrogen and oxygen atoms in total. The molecule has 1 rings (SSSR count). The highest BCUT2D eigenvalue weighted by molar-refractivity contribution is 9.08. The number of benzene rings is 1. The summed E-state index contributed by atoms with van der Waals surface area (Å²) in [6.07, 6.45) is -0.996. The lowest BCUT2D eigenvalue weighted by molar-refractivity contribution is 0.194. The van der Waals surface area contributed by atoms with Gasteiger partial charge in [0, 0.05) is 11.9 Å². The fourth-order valence-electron chi connectivity index (χ4n) is 1.00. The van der Waals surface area contributed by atoms with Gasteiger partial charge in [0.2, 0.25) is 0 Å². The Morgan fingerprint density at radius 2 is 2.15 bits per heavy atom. The van der Waals surface area contributed by atoms with E-state index in [2.05, 4.69) is 21.2 Å². The smallest absolute Gasteiger partial charge is 0.404 e. The largest absolute Gasteiger partial charge is 0.465 e. The molecule has 13 heavy (non-hydrogen) atoms. The summed E-state index contributed by atoms with van der Waals surface area (Å²) in [5.41, 5.74) is 2.11. The highest BCUT2D eigenvalue weighted by Gasteiger charge is 1.97. The molecule has 0 fully saturated rings. The number of rotatable bonds is 3. The summed E-state index contributed by atoms with van der Waals surface area (Å²) in [6, 6.07) is 7.75. The molecule has 1 aromatic carbocycles. The van der Waals surface area contributed by atoms with Crippen LogP contribution < -0.4 is 5.32 Å². The van der Waals surface area contributed by atoms with Crippen molar-refractivity contribution in [1.29, 1.82) is 0 Å². The van der Waals surface area contributed by atoms with Crippen LogP contribution in [0.3, 0.4) is 0 Å². The van der Waals surface area contributed by atoms with Gasteiger partial charge in [-0.25, -0.2) is 4.79 Å². The van der Waals surface area contributed by atoms with Crippen molar-refractivity contribution in [2.45, 2.75) is 11.9 Å². The Balaban J connectivity index is 2.61. The fourth-order valence-corrected chi connectivity index (χ4v) is 1.35. The van der Waals surface area contributed by atoms with Crippen LogP contribution in [0.15, 0.2) is 24.3 Å². The Morgan fingerprint density at radius 1 is 1.46 bits per heavy atom. The van der Waals surface area contributed by atoms with E-state index in [9.17, 15) is 4.79 Å². The zero-order valence-corrected chi connectivity index (χ0v) is 8.54. The van der Waals surface area contributed by atoms with E-state index in [1.807, 2.05) is 24.3 Å². The van der Waals surface area contributed by atoms with Crippen LogP contribution in [0.5, 0.6) is 0 Å². The van der Waals surface area contributed by atoms with Gasteiger partial charge < -0.3 is 10.4 Å². The minimum atomic E-state index is -0.996. The van der Waals surface area contributed by atoms with Crippen LogP contribution in [0.25, 0.3) is 0 Å². The standard InChI is InChI=1S/C9H10BrNO2/c10-5-7-2-1-3-8(4-7)6-11-9(12)13/h1-4,11H,5-6H2,(H,12,13). The molecule has 0 radical (unpaired) electrons. The van der Waals surface area contributed by atoms with Crippen molar-refractivity contribution in [3.05, 3.63) is 35.4 Å². The molecule has 4 heteroatoms. The first-order chi connectivity index (χ1) is 6.22. The van der Waals surface area contributed by atoms with Gasteiger partial charge in [-0.05, 0) is 11.1 Å². The second-order valence-corrected chi connectivity index (χ2v) is 3.17. The van der Waals surface area contributed by atoms with Gasteiger partial charge in [-0.3, -0.25) is 0 Å². The minimum Gasteiger partial charge on any atom is -0.465 e. The van der Waals surface area contributed by atoms with Gasteiger partial charge in [0.05, 0.1) is 0 Å². The molecule has 0 saturated heterocycles. The fraction of sp³-hybridized carbons (Fsp3) is 0.222. The lowest BCUT2D eigenvalue weighted by Crippen LogP contribution is -2.19. The number of nitrogens with one attached hydrogen (secondary N) is 1. The van der Waals surface area contributed by atoms with Crippen molar-refractivity contribution >= 4 is 22.0 Å². The molecular weight excluding hydrogens is 234 g/mol. The summed E-state index contributed by atoms with van der Waals surface area (Å²) in [5.74, 6) is 0. The normalized spacial score (nSPS) is 9.62. The lowest BCUT2D eigenvalue weighted by Gasteiger charge is -2.02. The summed E-state index contributed by atoms with van der Waals surface area (Å²) in [6.45, 7) is 0.357. The van der Waals surface area contributed by atoms with E-state index in [0.29, 0.717) is 6.54 Å². The topological polar surface area (TPSA) is 49.3 Å². The number of amides is 1. The van der Waals surface area contributed by atoms with E-state index in [-0.39, 0.29) is 0 Å². The summed E-state index contributed by atoms with van der Waals surface area (Å²) in [5, 5.41) is 11.5. The summed E-state index contributed by atoms with van der Waals surface area (Å²) in [4.78, 5) is 10.2. The van der Waals surface area contributed by atoms with E-state index >= 15 is 0 Å². The van der Waals surface area contributed by atoms with Gasteiger partial charge >= 0.3 is 6.09 Å². The van der Waals surface area contributed by atoms with Crippen molar-refractivity contribution in [1.82, 2.24) is 5.32 Å². The maximum absolute atomic E-state index is 10.2. The average molecular weight is 244 g/mol. The van der Waals surface area contributed by atoms with Gasteiger partial charge in [-0.15, -0.1) is 0 Å². The van der Waals surface area contributed by atoms with Crippen LogP contribution >= 0.6 is 15.9 Å². The van der Waals surface area contributed by atoms with Crippen molar-refractivity contribution in [3.8, 4) is 0 Å². The third-order valence-corrected chi connectivity index (χ3v) is 2.24. The second kappa shape index (κ2) is 4.87. The molecule has 0 aromatic heterocycles. The molecule has 0 saturated carbocycles. The lowest BCUT2D eigenvalue weighted by atomic mass is 10.1. The van der Waals surface area contributed by atoms with E-state index < -0.39 is 6.09 Å². The number of carbonyl (C=O) groups is 1. The van der Waals surface area contributed by atoms with Crippen molar-refractivity contribution in [2.75, 3.05) is 0 Å². The third kappa shape index (κ3) is 3.46. The number of hydrogen-bond donors (Lipinski definition) is 2. The predicted molar refractivity (Wildman–Crippen MR) is 53.9 cm³/mol.